The summed E-state index contributed by atoms with van der Waals surface area (Å²) in [6, 6.07) is 16.6. The Morgan fingerprint density at radius 3 is 2.54 bits per heavy atom. The fourth-order valence-electron chi connectivity index (χ4n) is 2.23. The number of hydrogen-bond donors (Lipinski definition) is 0. The molecular weight excluding hydrogens is 306 g/mol. The number of aromatic nitrogens is 2. The fraction of sp³-hybridized carbons (Fsp3) is 0.222. The summed E-state index contributed by atoms with van der Waals surface area (Å²) < 4.78 is 12.4. The summed E-state index contributed by atoms with van der Waals surface area (Å²) in [6.45, 7) is 1.32. The molecule has 0 radical (unpaired) electrons. The first kappa shape index (κ1) is 16.0. The van der Waals surface area contributed by atoms with Gasteiger partial charge >= 0.3 is 5.76 Å². The molecule has 0 fully saturated rings. The highest BCUT2D eigenvalue weighted by Gasteiger charge is 2.15. The Bertz CT molecular complexity index is 853. The molecule has 1 heterocycles. The third-order valence-corrected chi connectivity index (χ3v) is 3.46. The van der Waals surface area contributed by atoms with Crippen molar-refractivity contribution in [1.82, 2.24) is 14.7 Å². The van der Waals surface area contributed by atoms with Crippen LogP contribution in [0.15, 0.2) is 63.8 Å². The standard InChI is InChI=1S/C18H19N3O3/c1-20(2)12-13-23-16-11-7-6-10-15(16)17-19-21(18(22)24-17)14-8-4-3-5-9-14/h3-11H,12-13H2,1-2H3. The molecule has 1 aromatic heterocycles. The van der Waals surface area contributed by atoms with Gasteiger partial charge in [-0.1, -0.05) is 30.3 Å². The zero-order valence-electron chi connectivity index (χ0n) is 13.7. The molecule has 0 aliphatic heterocycles. The Morgan fingerprint density at radius 1 is 1.08 bits per heavy atom. The van der Waals surface area contributed by atoms with Crippen LogP contribution in [0.25, 0.3) is 17.1 Å². The Morgan fingerprint density at radius 2 is 1.79 bits per heavy atom. The summed E-state index contributed by atoms with van der Waals surface area (Å²) in [5.41, 5.74) is 1.31. The third kappa shape index (κ3) is 3.55. The van der Waals surface area contributed by atoms with Gasteiger partial charge in [-0.25, -0.2) is 4.79 Å². The van der Waals surface area contributed by atoms with Crippen molar-refractivity contribution < 1.29 is 9.15 Å². The molecule has 0 saturated heterocycles. The first-order valence-electron chi connectivity index (χ1n) is 7.67. The molecule has 6 heteroatoms. The SMILES string of the molecule is CN(C)CCOc1ccccc1-c1nn(-c2ccccc2)c(=O)o1. The van der Waals surface area contributed by atoms with Crippen molar-refractivity contribution in [1.29, 1.82) is 0 Å². The summed E-state index contributed by atoms with van der Waals surface area (Å²) in [4.78, 5) is 14.1. The van der Waals surface area contributed by atoms with Crippen LogP contribution in [0.3, 0.4) is 0 Å². The topological polar surface area (TPSA) is 60.5 Å². The second-order valence-corrected chi connectivity index (χ2v) is 5.57. The van der Waals surface area contributed by atoms with Gasteiger partial charge in [0, 0.05) is 6.54 Å². The fourth-order valence-corrected chi connectivity index (χ4v) is 2.23. The Balaban J connectivity index is 1.91. The second kappa shape index (κ2) is 7.14. The minimum Gasteiger partial charge on any atom is -0.491 e. The maximum absolute atomic E-state index is 12.1. The van der Waals surface area contributed by atoms with Crippen molar-refractivity contribution in [3.8, 4) is 22.9 Å². The lowest BCUT2D eigenvalue weighted by molar-refractivity contribution is 0.261. The van der Waals surface area contributed by atoms with Gasteiger partial charge in [-0.3, -0.25) is 0 Å². The number of benzene rings is 2. The van der Waals surface area contributed by atoms with Gasteiger partial charge in [-0.15, -0.1) is 5.10 Å². The van der Waals surface area contributed by atoms with Gasteiger partial charge in [-0.2, -0.15) is 4.68 Å². The molecule has 0 atom stereocenters. The van der Waals surface area contributed by atoms with Crippen LogP contribution in [0.5, 0.6) is 5.75 Å². The highest BCUT2D eigenvalue weighted by Crippen LogP contribution is 2.27. The van der Waals surface area contributed by atoms with Crippen LogP contribution in [0.2, 0.25) is 0 Å². The maximum atomic E-state index is 12.1. The van der Waals surface area contributed by atoms with Crippen molar-refractivity contribution in [2.45, 2.75) is 0 Å². The van der Waals surface area contributed by atoms with Crippen molar-refractivity contribution in [2.24, 2.45) is 0 Å². The molecule has 0 bridgehead atoms. The van der Waals surface area contributed by atoms with E-state index in [0.29, 0.717) is 23.6 Å². The molecule has 0 aliphatic rings. The predicted octanol–water partition coefficient (Wildman–Crippen LogP) is 2.43. The smallest absolute Gasteiger partial charge is 0.442 e. The maximum Gasteiger partial charge on any atom is 0.442 e. The molecule has 3 rings (SSSR count). The third-order valence-electron chi connectivity index (χ3n) is 3.46. The molecule has 2 aromatic carbocycles. The van der Waals surface area contributed by atoms with E-state index in [9.17, 15) is 4.79 Å². The first-order valence-corrected chi connectivity index (χ1v) is 7.67. The highest BCUT2D eigenvalue weighted by atomic mass is 16.5. The molecule has 3 aromatic rings. The van der Waals surface area contributed by atoms with Crippen LogP contribution < -0.4 is 10.5 Å². The normalized spacial score (nSPS) is 11.0. The van der Waals surface area contributed by atoms with Gasteiger partial charge in [0.1, 0.15) is 12.4 Å². The van der Waals surface area contributed by atoms with Gasteiger partial charge in [0.2, 0.25) is 0 Å². The molecule has 124 valence electrons. The van der Waals surface area contributed by atoms with Crippen LogP contribution in [-0.2, 0) is 0 Å². The molecular formula is C18H19N3O3. The average Bonchev–Trinajstić information content (AvgIpc) is 2.97. The minimum absolute atomic E-state index is 0.240. The predicted molar refractivity (Wildman–Crippen MR) is 91.6 cm³/mol. The van der Waals surface area contributed by atoms with Crippen molar-refractivity contribution in [2.75, 3.05) is 27.2 Å². The van der Waals surface area contributed by atoms with E-state index in [1.807, 2.05) is 61.5 Å². The molecule has 6 nitrogen and oxygen atoms in total. The number of para-hydroxylation sites is 2. The van der Waals surface area contributed by atoms with E-state index in [1.165, 1.54) is 4.68 Å². The van der Waals surface area contributed by atoms with Gasteiger partial charge in [0.15, 0.2) is 0 Å². The van der Waals surface area contributed by atoms with Gasteiger partial charge in [0.05, 0.1) is 11.3 Å². The van der Waals surface area contributed by atoms with Crippen LogP contribution in [0.1, 0.15) is 0 Å². The molecule has 24 heavy (non-hydrogen) atoms. The van der Waals surface area contributed by atoms with Crippen LogP contribution in [-0.4, -0.2) is 41.9 Å². The quantitative estimate of drug-likeness (QED) is 0.696. The summed E-state index contributed by atoms with van der Waals surface area (Å²) in [5, 5.41) is 4.30. The Hall–Kier alpha value is -2.86. The number of rotatable bonds is 6. The number of likely N-dealkylation sites (N-methyl/N-ethyl adjacent to an activating group) is 1. The molecule has 0 saturated carbocycles. The van der Waals surface area contributed by atoms with Crippen molar-refractivity contribution in [3.63, 3.8) is 0 Å². The van der Waals surface area contributed by atoms with Crippen LogP contribution in [0, 0.1) is 0 Å². The van der Waals surface area contributed by atoms with Gasteiger partial charge in [0.25, 0.3) is 5.89 Å². The average molecular weight is 325 g/mol. The zero-order valence-corrected chi connectivity index (χ0v) is 13.7. The lowest BCUT2D eigenvalue weighted by Gasteiger charge is -2.12. The van der Waals surface area contributed by atoms with Crippen LogP contribution >= 0.6 is 0 Å². The molecule has 0 unspecified atom stereocenters. The molecule has 0 N–H and O–H groups in total. The lowest BCUT2D eigenvalue weighted by atomic mass is 10.2. The van der Waals surface area contributed by atoms with Crippen molar-refractivity contribution in [3.05, 3.63) is 65.1 Å². The molecule has 0 amide bonds. The van der Waals surface area contributed by atoms with E-state index >= 15 is 0 Å². The highest BCUT2D eigenvalue weighted by molar-refractivity contribution is 5.62. The van der Waals surface area contributed by atoms with E-state index in [-0.39, 0.29) is 5.89 Å². The summed E-state index contributed by atoms with van der Waals surface area (Å²) in [6.07, 6.45) is 0. The second-order valence-electron chi connectivity index (χ2n) is 5.57. The summed E-state index contributed by atoms with van der Waals surface area (Å²) >= 11 is 0. The van der Waals surface area contributed by atoms with Gasteiger partial charge < -0.3 is 14.1 Å². The number of nitrogens with zero attached hydrogens (tertiary/aromatic N) is 3. The molecule has 0 spiro atoms. The molecule has 0 aliphatic carbocycles. The van der Waals surface area contributed by atoms with E-state index in [2.05, 4.69) is 5.10 Å². The minimum atomic E-state index is -0.528. The van der Waals surface area contributed by atoms with E-state index in [0.717, 1.165) is 6.54 Å². The number of ether oxygens (including phenoxy) is 1. The van der Waals surface area contributed by atoms with E-state index < -0.39 is 5.76 Å². The summed E-state index contributed by atoms with van der Waals surface area (Å²) in [5.74, 6) is 0.351. The first-order chi connectivity index (χ1) is 11.6. The lowest BCUT2D eigenvalue weighted by Crippen LogP contribution is -2.19. The number of hydrogen-bond acceptors (Lipinski definition) is 5. The van der Waals surface area contributed by atoms with Crippen LogP contribution in [0.4, 0.5) is 0 Å². The largest absolute Gasteiger partial charge is 0.491 e. The monoisotopic (exact) mass is 325 g/mol. The Labute approximate surface area is 139 Å². The summed E-state index contributed by atoms with van der Waals surface area (Å²) in [7, 11) is 3.96. The van der Waals surface area contributed by atoms with E-state index in [1.54, 1.807) is 12.1 Å². The zero-order chi connectivity index (χ0) is 16.9. The van der Waals surface area contributed by atoms with E-state index in [4.69, 9.17) is 9.15 Å². The van der Waals surface area contributed by atoms with Gasteiger partial charge in [-0.05, 0) is 38.4 Å². The van der Waals surface area contributed by atoms with Crippen molar-refractivity contribution >= 4 is 0 Å². The Kier molecular flexibility index (Phi) is 4.77.